The maximum absolute atomic E-state index is 6.13. The molecular formula is C16H15ClN2O. The molecule has 3 rings (SSSR count). The average Bonchev–Trinajstić information content (AvgIpc) is 2.74. The Morgan fingerprint density at radius 3 is 2.80 bits per heavy atom. The number of fused-ring (bicyclic) bond motifs is 1. The van der Waals surface area contributed by atoms with Crippen molar-refractivity contribution < 1.29 is 4.74 Å². The largest absolute Gasteiger partial charge is 0.471 e. The van der Waals surface area contributed by atoms with Crippen LogP contribution in [0.2, 0.25) is 5.02 Å². The minimum atomic E-state index is 0.406. The van der Waals surface area contributed by atoms with Crippen LogP contribution in [0.15, 0.2) is 36.5 Å². The Balaban J connectivity index is 1.92. The number of rotatable bonds is 3. The van der Waals surface area contributed by atoms with Gasteiger partial charge in [-0.2, -0.15) is 0 Å². The van der Waals surface area contributed by atoms with Crippen molar-refractivity contribution in [2.45, 2.75) is 20.5 Å². The number of nitrogens with zero attached hydrogens (tertiary/aromatic N) is 1. The van der Waals surface area contributed by atoms with Crippen molar-refractivity contribution in [2.75, 3.05) is 0 Å². The zero-order valence-electron chi connectivity index (χ0n) is 11.4. The van der Waals surface area contributed by atoms with Crippen LogP contribution in [0.3, 0.4) is 0 Å². The molecule has 3 nitrogen and oxygen atoms in total. The number of halogens is 1. The van der Waals surface area contributed by atoms with Crippen molar-refractivity contribution in [3.8, 4) is 5.88 Å². The number of nitrogens with one attached hydrogen (secondary N) is 1. The van der Waals surface area contributed by atoms with E-state index in [2.05, 4.69) is 16.9 Å². The Morgan fingerprint density at radius 2 is 2.00 bits per heavy atom. The van der Waals surface area contributed by atoms with Gasteiger partial charge < -0.3 is 9.72 Å². The predicted octanol–water partition coefficient (Wildman–Crippen LogP) is 4.41. The molecule has 0 atom stereocenters. The molecule has 0 radical (unpaired) electrons. The third-order valence-electron chi connectivity index (χ3n) is 3.52. The fraction of sp³-hybridized carbons (Fsp3) is 0.188. The summed E-state index contributed by atoms with van der Waals surface area (Å²) in [5, 5.41) is 1.85. The Hall–Kier alpha value is -2.00. The molecule has 0 amide bonds. The van der Waals surface area contributed by atoms with E-state index in [0.717, 1.165) is 22.2 Å². The Bertz CT molecular complexity index is 764. The molecule has 2 aromatic heterocycles. The third kappa shape index (κ3) is 2.25. The Kier molecular flexibility index (Phi) is 3.36. The van der Waals surface area contributed by atoms with Crippen LogP contribution in [-0.2, 0) is 6.61 Å². The summed E-state index contributed by atoms with van der Waals surface area (Å²) < 4.78 is 5.83. The van der Waals surface area contributed by atoms with E-state index >= 15 is 0 Å². The van der Waals surface area contributed by atoms with Gasteiger partial charge in [0.15, 0.2) is 0 Å². The topological polar surface area (TPSA) is 37.9 Å². The van der Waals surface area contributed by atoms with E-state index in [1.165, 1.54) is 5.56 Å². The molecule has 0 bridgehead atoms. The molecule has 0 aliphatic heterocycles. The van der Waals surface area contributed by atoms with E-state index in [0.29, 0.717) is 17.5 Å². The fourth-order valence-electron chi connectivity index (χ4n) is 2.23. The summed E-state index contributed by atoms with van der Waals surface area (Å²) in [6, 6.07) is 9.66. The molecule has 0 saturated heterocycles. The van der Waals surface area contributed by atoms with Crippen LogP contribution in [0.1, 0.15) is 16.8 Å². The molecule has 1 aromatic carbocycles. The van der Waals surface area contributed by atoms with Crippen molar-refractivity contribution in [3.63, 3.8) is 0 Å². The lowest BCUT2D eigenvalue weighted by Crippen LogP contribution is -1.98. The van der Waals surface area contributed by atoms with Crippen LogP contribution in [0, 0.1) is 13.8 Å². The second-order valence-corrected chi connectivity index (χ2v) is 5.20. The first-order valence-electron chi connectivity index (χ1n) is 6.47. The SMILES string of the molecule is Cc1[nH]c2c(OCc3ccccc3Cl)nccc2c1C. The molecule has 0 fully saturated rings. The van der Waals surface area contributed by atoms with Gasteiger partial charge in [-0.3, -0.25) is 0 Å². The zero-order chi connectivity index (χ0) is 14.1. The highest BCUT2D eigenvalue weighted by Gasteiger charge is 2.10. The van der Waals surface area contributed by atoms with E-state index in [4.69, 9.17) is 16.3 Å². The van der Waals surface area contributed by atoms with Gasteiger partial charge in [0.1, 0.15) is 12.1 Å². The lowest BCUT2D eigenvalue weighted by Gasteiger charge is -2.07. The number of hydrogen-bond donors (Lipinski definition) is 1. The fourth-order valence-corrected chi connectivity index (χ4v) is 2.42. The zero-order valence-corrected chi connectivity index (χ0v) is 12.2. The van der Waals surface area contributed by atoms with Crippen LogP contribution in [0.5, 0.6) is 5.88 Å². The van der Waals surface area contributed by atoms with Crippen LogP contribution in [0.25, 0.3) is 10.9 Å². The predicted molar refractivity (Wildman–Crippen MR) is 81.4 cm³/mol. The highest BCUT2D eigenvalue weighted by molar-refractivity contribution is 6.31. The van der Waals surface area contributed by atoms with Gasteiger partial charge in [0.2, 0.25) is 5.88 Å². The normalized spacial score (nSPS) is 10.9. The number of H-pyrrole nitrogens is 1. The second kappa shape index (κ2) is 5.17. The van der Waals surface area contributed by atoms with Crippen LogP contribution < -0.4 is 4.74 Å². The lowest BCUT2D eigenvalue weighted by atomic mass is 10.2. The number of benzene rings is 1. The molecule has 0 unspecified atom stereocenters. The summed E-state index contributed by atoms with van der Waals surface area (Å²) in [7, 11) is 0. The van der Waals surface area contributed by atoms with Crippen molar-refractivity contribution >= 4 is 22.5 Å². The highest BCUT2D eigenvalue weighted by Crippen LogP contribution is 2.28. The summed E-state index contributed by atoms with van der Waals surface area (Å²) in [4.78, 5) is 7.64. The number of aromatic amines is 1. The van der Waals surface area contributed by atoms with Gasteiger partial charge in [0.05, 0.1) is 0 Å². The molecule has 2 heterocycles. The standard InChI is InChI=1S/C16H15ClN2O/c1-10-11(2)19-15-13(10)7-8-18-16(15)20-9-12-5-3-4-6-14(12)17/h3-8,19H,9H2,1-2H3. The first kappa shape index (κ1) is 13.0. The van der Waals surface area contributed by atoms with Crippen molar-refractivity contribution in [1.82, 2.24) is 9.97 Å². The quantitative estimate of drug-likeness (QED) is 0.774. The second-order valence-electron chi connectivity index (χ2n) is 4.79. The third-order valence-corrected chi connectivity index (χ3v) is 3.89. The van der Waals surface area contributed by atoms with Crippen molar-refractivity contribution in [3.05, 3.63) is 58.4 Å². The van der Waals surface area contributed by atoms with Gasteiger partial charge in [-0.25, -0.2) is 4.98 Å². The molecule has 0 saturated carbocycles. The van der Waals surface area contributed by atoms with Gasteiger partial charge >= 0.3 is 0 Å². The molecular weight excluding hydrogens is 272 g/mol. The van der Waals surface area contributed by atoms with E-state index in [1.54, 1.807) is 6.20 Å². The number of ether oxygens (including phenoxy) is 1. The van der Waals surface area contributed by atoms with Gasteiger partial charge in [-0.1, -0.05) is 29.8 Å². The lowest BCUT2D eigenvalue weighted by molar-refractivity contribution is 0.297. The van der Waals surface area contributed by atoms with Crippen LogP contribution in [-0.4, -0.2) is 9.97 Å². The number of aryl methyl sites for hydroxylation is 2. The Labute approximate surface area is 122 Å². The van der Waals surface area contributed by atoms with Gasteiger partial charge in [0.25, 0.3) is 0 Å². The summed E-state index contributed by atoms with van der Waals surface area (Å²) in [6.45, 7) is 4.54. The van der Waals surface area contributed by atoms with Crippen LogP contribution in [0.4, 0.5) is 0 Å². The Morgan fingerprint density at radius 1 is 1.20 bits per heavy atom. The molecule has 0 aliphatic rings. The molecule has 0 spiro atoms. The smallest absolute Gasteiger partial charge is 0.238 e. The maximum Gasteiger partial charge on any atom is 0.238 e. The molecule has 0 aliphatic carbocycles. The van der Waals surface area contributed by atoms with E-state index in [-0.39, 0.29) is 0 Å². The summed E-state index contributed by atoms with van der Waals surface area (Å²) in [5.74, 6) is 0.610. The monoisotopic (exact) mass is 286 g/mol. The molecule has 4 heteroatoms. The average molecular weight is 287 g/mol. The maximum atomic E-state index is 6.13. The van der Waals surface area contributed by atoms with Crippen LogP contribution >= 0.6 is 11.6 Å². The number of hydrogen-bond acceptors (Lipinski definition) is 2. The van der Waals surface area contributed by atoms with Gasteiger partial charge in [-0.05, 0) is 31.5 Å². The minimum absolute atomic E-state index is 0.406. The van der Waals surface area contributed by atoms with E-state index in [1.807, 2.05) is 37.3 Å². The molecule has 20 heavy (non-hydrogen) atoms. The van der Waals surface area contributed by atoms with Gasteiger partial charge in [0, 0.05) is 27.9 Å². The first-order valence-corrected chi connectivity index (χ1v) is 6.84. The summed E-state index contributed by atoms with van der Waals surface area (Å²) in [6.07, 6.45) is 1.77. The number of aromatic nitrogens is 2. The molecule has 1 N–H and O–H groups in total. The summed E-state index contributed by atoms with van der Waals surface area (Å²) in [5.41, 5.74) is 4.25. The van der Waals surface area contributed by atoms with E-state index < -0.39 is 0 Å². The van der Waals surface area contributed by atoms with E-state index in [9.17, 15) is 0 Å². The highest BCUT2D eigenvalue weighted by atomic mass is 35.5. The molecule has 102 valence electrons. The first-order chi connectivity index (χ1) is 9.66. The van der Waals surface area contributed by atoms with Crippen molar-refractivity contribution in [2.24, 2.45) is 0 Å². The van der Waals surface area contributed by atoms with Gasteiger partial charge in [-0.15, -0.1) is 0 Å². The minimum Gasteiger partial charge on any atom is -0.471 e. The number of pyridine rings is 1. The van der Waals surface area contributed by atoms with Crippen molar-refractivity contribution in [1.29, 1.82) is 0 Å². The molecule has 3 aromatic rings. The summed E-state index contributed by atoms with van der Waals surface area (Å²) >= 11 is 6.13.